The monoisotopic (exact) mass is 429 g/mol. The molecule has 0 amide bonds. The molecule has 2 rings (SSSR count). The highest BCUT2D eigenvalue weighted by molar-refractivity contribution is 7.98. The molecule has 9 heteroatoms. The van der Waals surface area contributed by atoms with Gasteiger partial charge < -0.3 is 15.6 Å². The standard InChI is InChI=1S/C20H23N5O2S2/c1-4-9-22-20(23-10-11-28-13-18-16(3)24-14-25-18)19(12-21)29(26,27)17-7-5-15(2)6-8-17/h1,5-8,14,22-23H,9-11,13H2,2-3H3,(H,24,25)/b20-19-. The third-order valence-electron chi connectivity index (χ3n) is 4.02. The predicted molar refractivity (Wildman–Crippen MR) is 115 cm³/mol. The third-order valence-corrected chi connectivity index (χ3v) is 6.74. The van der Waals surface area contributed by atoms with Gasteiger partial charge in [0.15, 0.2) is 4.91 Å². The van der Waals surface area contributed by atoms with Crippen LogP contribution in [0.3, 0.4) is 0 Å². The van der Waals surface area contributed by atoms with Gasteiger partial charge >= 0.3 is 0 Å². The molecule has 3 N–H and O–H groups in total. The molecule has 152 valence electrons. The fraction of sp³-hybridized carbons (Fsp3) is 0.300. The molecule has 0 fully saturated rings. The highest BCUT2D eigenvalue weighted by atomic mass is 32.2. The quantitative estimate of drug-likeness (QED) is 0.302. The van der Waals surface area contributed by atoms with Crippen LogP contribution in [0.4, 0.5) is 0 Å². The van der Waals surface area contributed by atoms with Gasteiger partial charge in [-0.15, -0.1) is 6.42 Å². The maximum atomic E-state index is 12.9. The molecule has 0 saturated carbocycles. The van der Waals surface area contributed by atoms with Crippen molar-refractivity contribution in [3.05, 3.63) is 58.3 Å². The zero-order valence-corrected chi connectivity index (χ0v) is 18.0. The number of terminal acetylenes is 1. The number of hydrogen-bond donors (Lipinski definition) is 3. The van der Waals surface area contributed by atoms with Gasteiger partial charge in [0.2, 0.25) is 9.84 Å². The van der Waals surface area contributed by atoms with Crippen molar-refractivity contribution >= 4 is 21.6 Å². The van der Waals surface area contributed by atoms with Crippen molar-refractivity contribution in [3.8, 4) is 18.4 Å². The predicted octanol–water partition coefficient (Wildman–Crippen LogP) is 2.24. The number of aryl methyl sites for hydroxylation is 2. The molecular formula is C20H23N5O2S2. The second-order valence-corrected chi connectivity index (χ2v) is 9.13. The van der Waals surface area contributed by atoms with Gasteiger partial charge in [0.1, 0.15) is 11.9 Å². The molecule has 0 bridgehead atoms. The first-order chi connectivity index (χ1) is 13.9. The lowest BCUT2D eigenvalue weighted by Gasteiger charge is -2.14. The average Bonchev–Trinajstić information content (AvgIpc) is 3.10. The molecule has 1 aromatic heterocycles. The Bertz CT molecular complexity index is 1040. The van der Waals surface area contributed by atoms with Crippen LogP contribution in [-0.2, 0) is 15.6 Å². The van der Waals surface area contributed by atoms with Crippen LogP contribution in [0, 0.1) is 37.5 Å². The summed E-state index contributed by atoms with van der Waals surface area (Å²) in [6.07, 6.45) is 6.95. The molecule has 1 heterocycles. The van der Waals surface area contributed by atoms with E-state index >= 15 is 0 Å². The highest BCUT2D eigenvalue weighted by Crippen LogP contribution is 2.21. The van der Waals surface area contributed by atoms with Crippen molar-refractivity contribution in [1.82, 2.24) is 20.6 Å². The summed E-state index contributed by atoms with van der Waals surface area (Å²) in [6.45, 7) is 4.35. The summed E-state index contributed by atoms with van der Waals surface area (Å²) in [5.74, 6) is 3.97. The molecule has 0 aliphatic rings. The number of H-pyrrole nitrogens is 1. The first-order valence-electron chi connectivity index (χ1n) is 8.84. The smallest absolute Gasteiger partial charge is 0.220 e. The van der Waals surface area contributed by atoms with E-state index in [0.29, 0.717) is 12.3 Å². The van der Waals surface area contributed by atoms with Crippen LogP contribution in [0.15, 0.2) is 46.2 Å². The van der Waals surface area contributed by atoms with Gasteiger partial charge in [-0.2, -0.15) is 17.0 Å². The van der Waals surface area contributed by atoms with E-state index in [9.17, 15) is 13.7 Å². The summed E-state index contributed by atoms with van der Waals surface area (Å²) < 4.78 is 25.9. The molecule has 29 heavy (non-hydrogen) atoms. The maximum absolute atomic E-state index is 12.9. The molecular weight excluding hydrogens is 406 g/mol. The summed E-state index contributed by atoms with van der Waals surface area (Å²) >= 11 is 1.66. The number of hydrogen-bond acceptors (Lipinski definition) is 7. The van der Waals surface area contributed by atoms with Gasteiger partial charge in [-0.1, -0.05) is 23.6 Å². The molecule has 0 spiro atoms. The SMILES string of the molecule is C#CCN/C(NCCSCc1[nH]cnc1C)=C(\C#N)S(=O)(=O)c1ccc(C)cc1. The molecule has 0 aliphatic carbocycles. The maximum Gasteiger partial charge on any atom is 0.220 e. The van der Waals surface area contributed by atoms with E-state index in [1.807, 2.05) is 19.9 Å². The Hall–Kier alpha value is -2.88. The molecule has 1 aromatic carbocycles. The second-order valence-electron chi connectivity index (χ2n) is 6.14. The lowest BCUT2D eigenvalue weighted by Crippen LogP contribution is -2.31. The summed E-state index contributed by atoms with van der Waals surface area (Å²) in [4.78, 5) is 6.91. The van der Waals surface area contributed by atoms with E-state index in [0.717, 1.165) is 22.7 Å². The van der Waals surface area contributed by atoms with Crippen molar-refractivity contribution < 1.29 is 8.42 Å². The normalized spacial score (nSPS) is 11.9. The Morgan fingerprint density at radius 1 is 1.28 bits per heavy atom. The molecule has 0 saturated heterocycles. The van der Waals surface area contributed by atoms with E-state index < -0.39 is 9.84 Å². The Morgan fingerprint density at radius 3 is 2.59 bits per heavy atom. The van der Waals surface area contributed by atoms with Crippen LogP contribution < -0.4 is 10.6 Å². The summed E-state index contributed by atoms with van der Waals surface area (Å²) in [5.41, 5.74) is 2.94. The van der Waals surface area contributed by atoms with E-state index in [4.69, 9.17) is 6.42 Å². The van der Waals surface area contributed by atoms with Crippen LogP contribution in [0.1, 0.15) is 17.0 Å². The number of allylic oxidation sites excluding steroid dienone is 1. The number of nitrogens with zero attached hydrogens (tertiary/aromatic N) is 2. The first-order valence-corrected chi connectivity index (χ1v) is 11.5. The molecule has 0 unspecified atom stereocenters. The zero-order valence-electron chi connectivity index (χ0n) is 16.3. The minimum absolute atomic E-state index is 0.0607. The Kier molecular flexibility index (Phi) is 8.20. The number of nitrogens with one attached hydrogen (secondary N) is 3. The number of imidazole rings is 1. The Balaban J connectivity index is 2.13. The number of thioether (sulfide) groups is 1. The number of aromatic amines is 1. The van der Waals surface area contributed by atoms with Crippen molar-refractivity contribution in [3.63, 3.8) is 0 Å². The largest absolute Gasteiger partial charge is 0.369 e. The Morgan fingerprint density at radius 2 is 2.00 bits per heavy atom. The molecule has 0 aliphatic heterocycles. The number of sulfone groups is 1. The van der Waals surface area contributed by atoms with E-state index in [1.54, 1.807) is 30.2 Å². The van der Waals surface area contributed by atoms with Gasteiger partial charge in [0.05, 0.1) is 23.5 Å². The first kappa shape index (κ1) is 22.4. The molecule has 2 aromatic rings. The Labute approximate surface area is 175 Å². The lowest BCUT2D eigenvalue weighted by molar-refractivity contribution is 0.601. The van der Waals surface area contributed by atoms with Crippen LogP contribution in [-0.4, -0.2) is 37.2 Å². The highest BCUT2D eigenvalue weighted by Gasteiger charge is 2.25. The van der Waals surface area contributed by atoms with Gasteiger partial charge in [0, 0.05) is 23.7 Å². The fourth-order valence-corrected chi connectivity index (χ4v) is 4.56. The van der Waals surface area contributed by atoms with Gasteiger partial charge in [-0.3, -0.25) is 0 Å². The van der Waals surface area contributed by atoms with E-state index in [-0.39, 0.29) is 22.2 Å². The summed E-state index contributed by atoms with van der Waals surface area (Å²) in [7, 11) is -3.98. The van der Waals surface area contributed by atoms with Crippen LogP contribution in [0.5, 0.6) is 0 Å². The van der Waals surface area contributed by atoms with Gasteiger partial charge in [-0.05, 0) is 26.0 Å². The van der Waals surface area contributed by atoms with Gasteiger partial charge in [-0.25, -0.2) is 13.4 Å². The number of rotatable bonds is 10. The molecule has 0 radical (unpaired) electrons. The van der Waals surface area contributed by atoms with Crippen molar-refractivity contribution in [2.75, 3.05) is 18.8 Å². The molecule has 0 atom stereocenters. The minimum atomic E-state index is -3.98. The van der Waals surface area contributed by atoms with Crippen molar-refractivity contribution in [2.45, 2.75) is 24.5 Å². The summed E-state index contributed by atoms with van der Waals surface area (Å²) in [5, 5.41) is 15.4. The zero-order chi connectivity index (χ0) is 21.3. The number of aromatic nitrogens is 2. The number of benzene rings is 1. The van der Waals surface area contributed by atoms with Crippen LogP contribution >= 0.6 is 11.8 Å². The topological polar surface area (TPSA) is 111 Å². The third kappa shape index (κ3) is 6.05. The van der Waals surface area contributed by atoms with E-state index in [2.05, 4.69) is 26.5 Å². The van der Waals surface area contributed by atoms with Crippen molar-refractivity contribution in [2.24, 2.45) is 0 Å². The molecule has 7 nitrogen and oxygen atoms in total. The average molecular weight is 430 g/mol. The van der Waals surface area contributed by atoms with Crippen LogP contribution in [0.2, 0.25) is 0 Å². The second kappa shape index (κ2) is 10.6. The number of nitriles is 1. The van der Waals surface area contributed by atoms with Crippen molar-refractivity contribution in [1.29, 1.82) is 5.26 Å². The van der Waals surface area contributed by atoms with E-state index in [1.165, 1.54) is 12.1 Å². The minimum Gasteiger partial charge on any atom is -0.369 e. The van der Waals surface area contributed by atoms with Gasteiger partial charge in [0.25, 0.3) is 0 Å². The summed E-state index contributed by atoms with van der Waals surface area (Å²) in [6, 6.07) is 8.18. The van der Waals surface area contributed by atoms with Crippen LogP contribution in [0.25, 0.3) is 0 Å². The fourth-order valence-electron chi connectivity index (χ4n) is 2.41. The lowest BCUT2D eigenvalue weighted by atomic mass is 10.2.